The molecule has 4 heterocycles. The fourth-order valence-electron chi connectivity index (χ4n) is 11.2. The Balaban J connectivity index is 0.941. The Kier molecular flexibility index (Phi) is 12.2. The predicted molar refractivity (Wildman–Crippen MR) is 327 cm³/mol. The molecule has 0 atom stereocenters. The van der Waals surface area contributed by atoms with E-state index in [9.17, 15) is 0 Å². The molecule has 79 heavy (non-hydrogen) atoms. The van der Waals surface area contributed by atoms with E-state index in [-0.39, 0.29) is 0 Å². The zero-order chi connectivity index (χ0) is 52.5. The number of hydrogen-bond donors (Lipinski definition) is 0. The molecule has 0 fully saturated rings. The molecule has 0 saturated carbocycles. The molecule has 0 aliphatic carbocycles. The van der Waals surface area contributed by atoms with Gasteiger partial charge in [-0.15, -0.1) is 0 Å². The normalized spacial score (nSPS) is 11.3. The van der Waals surface area contributed by atoms with Gasteiger partial charge in [-0.05, 0) is 174 Å². The molecule has 0 saturated heterocycles. The molecule has 4 aromatic heterocycles. The van der Waals surface area contributed by atoms with Crippen molar-refractivity contribution in [2.75, 3.05) is 0 Å². The summed E-state index contributed by atoms with van der Waals surface area (Å²) in [6, 6.07) is 99.7. The second-order valence-corrected chi connectivity index (χ2v) is 19.9. The molecule has 0 amide bonds. The number of rotatable bonds is 11. The minimum Gasteiger partial charge on any atom is -0.456 e. The van der Waals surface area contributed by atoms with Gasteiger partial charge in [0.25, 0.3) is 0 Å². The van der Waals surface area contributed by atoms with E-state index in [1.165, 1.54) is 0 Å². The molecule has 0 aliphatic rings. The van der Waals surface area contributed by atoms with Crippen LogP contribution in [-0.4, -0.2) is 15.0 Å². The first-order valence-electron chi connectivity index (χ1n) is 26.7. The molecule has 14 rings (SSSR count). The SMILES string of the molecule is c1ccc(-c2ccc3c(c2)oc2cc(-c4cc(-c5ccccn5)ccc4-c4ccccc4-c4cc(-c5ccccc5-c5ccc(-c6ccccn6)cc5)cc(-c5ccccc5-c5ccc(-c6ccccn6)cc5)c4)ccc23)cc1. The maximum Gasteiger partial charge on any atom is 0.136 e. The van der Waals surface area contributed by atoms with E-state index in [0.29, 0.717) is 0 Å². The van der Waals surface area contributed by atoms with Crippen LogP contribution in [0.4, 0.5) is 0 Å². The fourth-order valence-corrected chi connectivity index (χ4v) is 11.2. The van der Waals surface area contributed by atoms with Crippen LogP contribution in [0.2, 0.25) is 0 Å². The number of pyridine rings is 3. The van der Waals surface area contributed by atoms with Crippen molar-refractivity contribution < 1.29 is 4.42 Å². The molecule has 0 spiro atoms. The number of furan rings is 1. The van der Waals surface area contributed by atoms with Gasteiger partial charge in [0, 0.05) is 46.1 Å². The highest BCUT2D eigenvalue weighted by Gasteiger charge is 2.20. The molecule has 4 heteroatoms. The van der Waals surface area contributed by atoms with E-state index in [1.54, 1.807) is 0 Å². The van der Waals surface area contributed by atoms with Crippen molar-refractivity contribution in [3.63, 3.8) is 0 Å². The van der Waals surface area contributed by atoms with E-state index in [2.05, 4.69) is 247 Å². The summed E-state index contributed by atoms with van der Waals surface area (Å²) in [6.07, 6.45) is 5.55. The van der Waals surface area contributed by atoms with Crippen LogP contribution < -0.4 is 0 Å². The number of fused-ring (bicyclic) bond motifs is 3. The van der Waals surface area contributed by atoms with Gasteiger partial charge in [-0.2, -0.15) is 0 Å². The summed E-state index contributed by atoms with van der Waals surface area (Å²) >= 11 is 0. The number of benzene rings is 10. The number of hydrogen-bond acceptors (Lipinski definition) is 4. The summed E-state index contributed by atoms with van der Waals surface area (Å²) in [5, 5.41) is 2.18. The van der Waals surface area contributed by atoms with Gasteiger partial charge >= 0.3 is 0 Å². The number of nitrogens with zero attached hydrogens (tertiary/aromatic N) is 3. The quantitative estimate of drug-likeness (QED) is 0.130. The van der Waals surface area contributed by atoms with Crippen molar-refractivity contribution in [3.8, 4) is 123 Å². The topological polar surface area (TPSA) is 51.8 Å². The van der Waals surface area contributed by atoms with Crippen LogP contribution in [0, 0.1) is 0 Å². The van der Waals surface area contributed by atoms with Crippen molar-refractivity contribution in [2.24, 2.45) is 0 Å². The molecule has 0 unspecified atom stereocenters. The third-order valence-electron chi connectivity index (χ3n) is 15.1. The van der Waals surface area contributed by atoms with Crippen LogP contribution in [0.25, 0.3) is 145 Å². The third kappa shape index (κ3) is 9.18. The minimum absolute atomic E-state index is 0.840. The smallest absolute Gasteiger partial charge is 0.136 e. The summed E-state index contributed by atoms with van der Waals surface area (Å²) in [6.45, 7) is 0. The van der Waals surface area contributed by atoms with Crippen molar-refractivity contribution in [1.29, 1.82) is 0 Å². The Hall–Kier alpha value is -10.6. The minimum atomic E-state index is 0.840. The standard InChI is InChI=1S/C75H49N3O/c1-2-16-50(17-3-1)55-35-39-68-69-40-36-56(49-75(69)79-74(68)48-55)70-47-57(73-26-12-15-43-78-73)37-38-67(70)66-23-9-8-22-65(66)60-45-58(63-20-6-4-18-61(63)51-27-31-53(32-28-51)71-24-10-13-41-76-71)44-59(46-60)64-21-7-5-19-62(64)52-29-33-54(34-30-52)72-25-11-14-42-77-72/h1-49H. The first kappa shape index (κ1) is 46.9. The summed E-state index contributed by atoms with van der Waals surface area (Å²) in [5.74, 6) is 0. The van der Waals surface area contributed by atoms with Gasteiger partial charge in [0.05, 0.1) is 17.1 Å². The van der Waals surface area contributed by atoms with Crippen LogP contribution >= 0.6 is 0 Å². The Morgan fingerprint density at radius 3 is 1.03 bits per heavy atom. The van der Waals surface area contributed by atoms with Crippen LogP contribution in [-0.2, 0) is 0 Å². The van der Waals surface area contributed by atoms with E-state index in [1.807, 2.05) is 61.1 Å². The molecule has 0 bridgehead atoms. The molecule has 4 nitrogen and oxygen atoms in total. The van der Waals surface area contributed by atoms with Gasteiger partial charge in [-0.3, -0.25) is 15.0 Å². The predicted octanol–water partition coefficient (Wildman–Crippen LogP) is 20.1. The largest absolute Gasteiger partial charge is 0.456 e. The second kappa shape index (κ2) is 20.5. The summed E-state index contributed by atoms with van der Waals surface area (Å²) < 4.78 is 6.76. The Labute approximate surface area is 459 Å². The monoisotopic (exact) mass is 1010 g/mol. The van der Waals surface area contributed by atoms with Crippen LogP contribution in [0.5, 0.6) is 0 Å². The maximum atomic E-state index is 6.76. The van der Waals surface area contributed by atoms with Crippen LogP contribution in [0.3, 0.4) is 0 Å². The average Bonchev–Trinajstić information content (AvgIpc) is 4.12. The Morgan fingerprint density at radius 1 is 0.190 bits per heavy atom. The molecule has 0 radical (unpaired) electrons. The lowest BCUT2D eigenvalue weighted by Crippen LogP contribution is -1.94. The van der Waals surface area contributed by atoms with Crippen molar-refractivity contribution in [1.82, 2.24) is 15.0 Å². The van der Waals surface area contributed by atoms with Gasteiger partial charge in [-0.1, -0.05) is 194 Å². The first-order chi connectivity index (χ1) is 39.1. The summed E-state index contributed by atoms with van der Waals surface area (Å²) in [7, 11) is 0. The van der Waals surface area contributed by atoms with E-state index in [0.717, 1.165) is 145 Å². The van der Waals surface area contributed by atoms with Crippen molar-refractivity contribution in [3.05, 3.63) is 298 Å². The summed E-state index contributed by atoms with van der Waals surface area (Å²) in [4.78, 5) is 14.1. The summed E-state index contributed by atoms with van der Waals surface area (Å²) in [5.41, 5.74) is 25.6. The first-order valence-corrected chi connectivity index (χ1v) is 26.7. The van der Waals surface area contributed by atoms with Crippen molar-refractivity contribution in [2.45, 2.75) is 0 Å². The van der Waals surface area contributed by atoms with Gasteiger partial charge in [-0.25, -0.2) is 0 Å². The highest BCUT2D eigenvalue weighted by Crippen LogP contribution is 2.46. The van der Waals surface area contributed by atoms with E-state index >= 15 is 0 Å². The van der Waals surface area contributed by atoms with Crippen molar-refractivity contribution >= 4 is 21.9 Å². The highest BCUT2D eigenvalue weighted by molar-refractivity contribution is 6.08. The van der Waals surface area contributed by atoms with Crippen LogP contribution in [0.1, 0.15) is 0 Å². The molecule has 0 N–H and O–H groups in total. The lowest BCUT2D eigenvalue weighted by atomic mass is 9.84. The molecular weight excluding hydrogens is 959 g/mol. The Morgan fingerprint density at radius 2 is 0.544 bits per heavy atom. The zero-order valence-corrected chi connectivity index (χ0v) is 43.0. The zero-order valence-electron chi connectivity index (χ0n) is 43.0. The van der Waals surface area contributed by atoms with Gasteiger partial charge in [0.15, 0.2) is 0 Å². The fraction of sp³-hybridized carbons (Fsp3) is 0. The average molecular weight is 1010 g/mol. The van der Waals surface area contributed by atoms with Crippen LogP contribution in [0.15, 0.2) is 302 Å². The highest BCUT2D eigenvalue weighted by atomic mass is 16.3. The molecular formula is C75H49N3O. The van der Waals surface area contributed by atoms with Gasteiger partial charge < -0.3 is 4.42 Å². The second-order valence-electron chi connectivity index (χ2n) is 19.9. The van der Waals surface area contributed by atoms with E-state index < -0.39 is 0 Å². The van der Waals surface area contributed by atoms with E-state index in [4.69, 9.17) is 9.40 Å². The maximum absolute atomic E-state index is 6.76. The Bertz CT molecular complexity index is 4350. The van der Waals surface area contributed by atoms with Gasteiger partial charge in [0.2, 0.25) is 0 Å². The lowest BCUT2D eigenvalue weighted by molar-refractivity contribution is 0.669. The van der Waals surface area contributed by atoms with Gasteiger partial charge in [0.1, 0.15) is 11.2 Å². The molecule has 10 aromatic carbocycles. The molecule has 370 valence electrons. The third-order valence-corrected chi connectivity index (χ3v) is 15.1. The lowest BCUT2D eigenvalue weighted by Gasteiger charge is -2.19. The molecule has 0 aliphatic heterocycles. The molecule has 14 aromatic rings. The number of aromatic nitrogens is 3.